The lowest BCUT2D eigenvalue weighted by atomic mass is 9.74. The maximum Gasteiger partial charge on any atom is 0.243 e. The fourth-order valence-electron chi connectivity index (χ4n) is 3.34. The predicted molar refractivity (Wildman–Crippen MR) is 75.8 cm³/mol. The van der Waals surface area contributed by atoms with E-state index in [1.165, 1.54) is 0 Å². The molecule has 1 amide bonds. The molecule has 0 unspecified atom stereocenters. The second-order valence-corrected chi connectivity index (χ2v) is 6.20. The third-order valence-corrected chi connectivity index (χ3v) is 4.51. The van der Waals surface area contributed by atoms with Gasteiger partial charge in [-0.1, -0.05) is 19.3 Å². The van der Waals surface area contributed by atoms with E-state index >= 15 is 0 Å². The molecule has 0 bridgehead atoms. The molecule has 112 valence electrons. The van der Waals surface area contributed by atoms with Gasteiger partial charge in [0.25, 0.3) is 0 Å². The Labute approximate surface area is 121 Å². The zero-order valence-electron chi connectivity index (χ0n) is 12.3. The summed E-state index contributed by atoms with van der Waals surface area (Å²) in [6, 6.07) is 2.31. The van der Waals surface area contributed by atoms with Gasteiger partial charge in [0.05, 0.1) is 12.2 Å². The summed E-state index contributed by atoms with van der Waals surface area (Å²) >= 11 is 0. The number of aliphatic hydroxyl groups excluding tert-OH is 1. The lowest BCUT2D eigenvalue weighted by Crippen LogP contribution is -2.54. The van der Waals surface area contributed by atoms with Crippen LogP contribution in [0.15, 0.2) is 0 Å². The van der Waals surface area contributed by atoms with Crippen LogP contribution in [0.3, 0.4) is 0 Å². The number of amides is 1. The fraction of sp³-hybridized carbons (Fsp3) is 0.867. The van der Waals surface area contributed by atoms with Crippen molar-refractivity contribution >= 4 is 5.91 Å². The molecule has 5 heteroatoms. The lowest BCUT2D eigenvalue weighted by molar-refractivity contribution is -0.142. The monoisotopic (exact) mass is 279 g/mol. The van der Waals surface area contributed by atoms with Gasteiger partial charge in [-0.15, -0.1) is 0 Å². The first kappa shape index (κ1) is 15.3. The molecule has 1 N–H and O–H groups in total. The van der Waals surface area contributed by atoms with Gasteiger partial charge in [0.15, 0.2) is 0 Å². The van der Waals surface area contributed by atoms with E-state index in [9.17, 15) is 15.2 Å². The van der Waals surface area contributed by atoms with Crippen molar-refractivity contribution < 1.29 is 9.90 Å². The van der Waals surface area contributed by atoms with Gasteiger partial charge >= 0.3 is 0 Å². The van der Waals surface area contributed by atoms with Crippen LogP contribution in [0.5, 0.6) is 0 Å². The Morgan fingerprint density at radius 2 is 1.85 bits per heavy atom. The molecule has 20 heavy (non-hydrogen) atoms. The van der Waals surface area contributed by atoms with Crippen molar-refractivity contribution in [2.45, 2.75) is 45.1 Å². The lowest BCUT2D eigenvalue weighted by Gasteiger charge is -2.40. The van der Waals surface area contributed by atoms with Crippen LogP contribution < -0.4 is 0 Å². The highest BCUT2D eigenvalue weighted by Crippen LogP contribution is 2.37. The molecule has 1 saturated heterocycles. The van der Waals surface area contributed by atoms with Crippen molar-refractivity contribution in [1.82, 2.24) is 9.80 Å². The number of nitriles is 1. The van der Waals surface area contributed by atoms with E-state index in [2.05, 4.69) is 11.0 Å². The average Bonchev–Trinajstić information content (AvgIpc) is 2.47. The molecule has 0 aromatic carbocycles. The number of carbonyl (C=O) groups is 1. The Morgan fingerprint density at radius 1 is 1.25 bits per heavy atom. The zero-order valence-corrected chi connectivity index (χ0v) is 12.3. The molecule has 0 aromatic heterocycles. The highest BCUT2D eigenvalue weighted by atomic mass is 16.3. The second-order valence-electron chi connectivity index (χ2n) is 6.20. The Balaban J connectivity index is 1.92. The largest absolute Gasteiger partial charge is 0.392 e. The van der Waals surface area contributed by atoms with E-state index in [1.54, 1.807) is 6.92 Å². The summed E-state index contributed by atoms with van der Waals surface area (Å²) in [6.07, 6.45) is 4.22. The Hall–Kier alpha value is -1.12. The Morgan fingerprint density at radius 3 is 2.35 bits per heavy atom. The van der Waals surface area contributed by atoms with E-state index in [4.69, 9.17) is 0 Å². The van der Waals surface area contributed by atoms with Gasteiger partial charge < -0.3 is 10.0 Å². The molecule has 0 spiro atoms. The number of aliphatic hydroxyl groups is 1. The molecule has 1 aliphatic carbocycles. The molecule has 2 aliphatic rings. The number of piperazine rings is 1. The number of rotatable bonds is 3. The van der Waals surface area contributed by atoms with E-state index in [-0.39, 0.29) is 12.0 Å². The highest BCUT2D eigenvalue weighted by molar-refractivity contribution is 5.85. The minimum atomic E-state index is -0.759. The summed E-state index contributed by atoms with van der Waals surface area (Å²) in [6.45, 7) is 5.37. The summed E-state index contributed by atoms with van der Waals surface area (Å²) in [5.74, 6) is 0.0383. The van der Waals surface area contributed by atoms with Gasteiger partial charge in [-0.25, -0.2) is 0 Å². The minimum Gasteiger partial charge on any atom is -0.392 e. The van der Waals surface area contributed by atoms with E-state index in [1.807, 2.05) is 4.90 Å². The standard InChI is InChI=1S/C15H25N3O2/c1-13(19)11-17-7-9-18(10-8-17)14(20)15(12-16)5-3-2-4-6-15/h13,19H,2-11H2,1H3/t13-/m1/s1. The number of carbonyl (C=O) groups excluding carboxylic acids is 1. The molecule has 2 rings (SSSR count). The maximum atomic E-state index is 12.7. The van der Waals surface area contributed by atoms with Crippen LogP contribution in [-0.4, -0.2) is 59.6 Å². The van der Waals surface area contributed by atoms with Gasteiger partial charge in [-0.3, -0.25) is 9.69 Å². The smallest absolute Gasteiger partial charge is 0.243 e. The van der Waals surface area contributed by atoms with Gasteiger partial charge in [0.2, 0.25) is 5.91 Å². The first-order valence-electron chi connectivity index (χ1n) is 7.68. The first-order valence-corrected chi connectivity index (χ1v) is 7.68. The molecule has 5 nitrogen and oxygen atoms in total. The molecule has 1 aliphatic heterocycles. The van der Waals surface area contributed by atoms with Gasteiger partial charge in [0, 0.05) is 32.7 Å². The van der Waals surface area contributed by atoms with Crippen LogP contribution in [0, 0.1) is 16.7 Å². The molecule has 2 fully saturated rings. The Bertz CT molecular complexity index is 375. The summed E-state index contributed by atoms with van der Waals surface area (Å²) in [7, 11) is 0. The van der Waals surface area contributed by atoms with Crippen LogP contribution >= 0.6 is 0 Å². The fourth-order valence-corrected chi connectivity index (χ4v) is 3.34. The molecular formula is C15H25N3O2. The summed E-state index contributed by atoms with van der Waals surface area (Å²) in [5, 5.41) is 18.9. The Kier molecular flexibility index (Phi) is 5.00. The first-order chi connectivity index (χ1) is 9.57. The third kappa shape index (κ3) is 3.31. The number of hydrogen-bond donors (Lipinski definition) is 1. The van der Waals surface area contributed by atoms with Crippen LogP contribution in [0.25, 0.3) is 0 Å². The van der Waals surface area contributed by atoms with Crippen molar-refractivity contribution in [3.8, 4) is 6.07 Å². The molecule has 0 radical (unpaired) electrons. The van der Waals surface area contributed by atoms with Gasteiger partial charge in [-0.05, 0) is 19.8 Å². The van der Waals surface area contributed by atoms with Crippen molar-refractivity contribution in [1.29, 1.82) is 5.26 Å². The van der Waals surface area contributed by atoms with Crippen molar-refractivity contribution in [3.05, 3.63) is 0 Å². The van der Waals surface area contributed by atoms with Crippen LogP contribution in [0.2, 0.25) is 0 Å². The highest BCUT2D eigenvalue weighted by Gasteiger charge is 2.42. The minimum absolute atomic E-state index is 0.0383. The quantitative estimate of drug-likeness (QED) is 0.836. The summed E-state index contributed by atoms with van der Waals surface area (Å²) in [5.41, 5.74) is -0.759. The van der Waals surface area contributed by atoms with Gasteiger partial charge in [0.1, 0.15) is 5.41 Å². The molecule has 1 saturated carbocycles. The third-order valence-electron chi connectivity index (χ3n) is 4.51. The number of nitrogens with zero attached hydrogens (tertiary/aromatic N) is 3. The van der Waals surface area contributed by atoms with Crippen LogP contribution in [0.1, 0.15) is 39.0 Å². The topological polar surface area (TPSA) is 67.6 Å². The maximum absolute atomic E-state index is 12.7. The van der Waals surface area contributed by atoms with Crippen LogP contribution in [0.4, 0.5) is 0 Å². The second kappa shape index (κ2) is 6.55. The van der Waals surface area contributed by atoms with E-state index < -0.39 is 5.41 Å². The van der Waals surface area contributed by atoms with Crippen LogP contribution in [-0.2, 0) is 4.79 Å². The predicted octanol–water partition coefficient (Wildman–Crippen LogP) is 0.985. The molecule has 0 aromatic rings. The molecule has 1 heterocycles. The van der Waals surface area contributed by atoms with Crippen molar-refractivity contribution in [2.24, 2.45) is 5.41 Å². The summed E-state index contributed by atoms with van der Waals surface area (Å²) in [4.78, 5) is 16.7. The zero-order chi connectivity index (χ0) is 14.6. The normalized spacial score (nSPS) is 24.9. The van der Waals surface area contributed by atoms with Crippen molar-refractivity contribution in [2.75, 3.05) is 32.7 Å². The van der Waals surface area contributed by atoms with E-state index in [0.29, 0.717) is 19.6 Å². The number of hydrogen-bond acceptors (Lipinski definition) is 4. The SMILES string of the molecule is C[C@@H](O)CN1CCN(C(=O)C2(C#N)CCCCC2)CC1. The molecular weight excluding hydrogens is 254 g/mol. The van der Waals surface area contributed by atoms with Crippen molar-refractivity contribution in [3.63, 3.8) is 0 Å². The number of β-amino-alcohol motifs (C(OH)–C–C–N with tert-alkyl or cyclic N) is 1. The van der Waals surface area contributed by atoms with Gasteiger partial charge in [-0.2, -0.15) is 5.26 Å². The average molecular weight is 279 g/mol. The van der Waals surface area contributed by atoms with E-state index in [0.717, 1.165) is 45.2 Å². The summed E-state index contributed by atoms with van der Waals surface area (Å²) < 4.78 is 0. The molecule has 1 atom stereocenters.